The van der Waals surface area contributed by atoms with Gasteiger partial charge in [0.05, 0.1) is 22.1 Å². The molecule has 3 rings (SSSR count). The van der Waals surface area contributed by atoms with Gasteiger partial charge in [0.25, 0.3) is 0 Å². The average molecular weight is 314 g/mol. The van der Waals surface area contributed by atoms with E-state index in [4.69, 9.17) is 4.52 Å². The monoisotopic (exact) mass is 314 g/mol. The number of aryl methyl sites for hydroxylation is 1. The molecule has 1 saturated heterocycles. The molecule has 2 aromatic heterocycles. The first-order valence-electron chi connectivity index (χ1n) is 6.18. The third-order valence-corrected chi connectivity index (χ3v) is 6.48. The lowest BCUT2D eigenvalue weighted by atomic mass is 10.3. The molecule has 1 aliphatic rings. The molecule has 108 valence electrons. The predicted molar refractivity (Wildman–Crippen MR) is 73.9 cm³/mol. The number of aromatic nitrogens is 1. The van der Waals surface area contributed by atoms with Crippen molar-refractivity contribution in [2.75, 3.05) is 13.1 Å². The minimum Gasteiger partial charge on any atom is -0.392 e. The van der Waals surface area contributed by atoms with E-state index in [1.807, 2.05) is 0 Å². The SMILES string of the molecule is Cc1sc(-c2ccno2)cc1S(=O)(=O)N1CCC(O)C1. The van der Waals surface area contributed by atoms with Crippen molar-refractivity contribution in [2.24, 2.45) is 0 Å². The standard InChI is InChI=1S/C12H14N2O4S2/c1-8-12(6-11(19-8)10-2-4-13-18-10)20(16,17)14-5-3-9(15)7-14/h2,4,6,9,15H,3,5,7H2,1H3. The minimum absolute atomic E-state index is 0.162. The number of β-amino-alcohol motifs (C(OH)–C–C–N with tert-alkyl or cyclic N) is 1. The summed E-state index contributed by atoms with van der Waals surface area (Å²) in [4.78, 5) is 1.72. The summed E-state index contributed by atoms with van der Waals surface area (Å²) in [6.45, 7) is 2.29. The predicted octanol–water partition coefficient (Wildman–Crippen LogP) is 1.47. The van der Waals surface area contributed by atoms with Gasteiger partial charge in [-0.3, -0.25) is 0 Å². The van der Waals surface area contributed by atoms with Gasteiger partial charge in [-0.2, -0.15) is 4.31 Å². The molecule has 1 aliphatic heterocycles. The number of hydrogen-bond acceptors (Lipinski definition) is 6. The summed E-state index contributed by atoms with van der Waals surface area (Å²) in [6, 6.07) is 3.31. The number of hydrogen-bond donors (Lipinski definition) is 1. The van der Waals surface area contributed by atoms with Crippen molar-refractivity contribution in [2.45, 2.75) is 24.3 Å². The first kappa shape index (κ1) is 13.7. The molecule has 3 heterocycles. The molecule has 1 N–H and O–H groups in total. The maximum Gasteiger partial charge on any atom is 0.244 e. The van der Waals surface area contributed by atoms with Crippen LogP contribution in [0.25, 0.3) is 10.6 Å². The number of nitrogens with zero attached hydrogens (tertiary/aromatic N) is 2. The van der Waals surface area contributed by atoms with Crippen LogP contribution < -0.4 is 0 Å². The van der Waals surface area contributed by atoms with Crippen LogP contribution in [0.4, 0.5) is 0 Å². The van der Waals surface area contributed by atoms with Gasteiger partial charge in [0.2, 0.25) is 10.0 Å². The van der Waals surface area contributed by atoms with E-state index < -0.39 is 16.1 Å². The number of thiophene rings is 1. The number of rotatable bonds is 3. The second kappa shape index (κ2) is 4.96. The Hall–Kier alpha value is -1.22. The Morgan fingerprint density at radius 1 is 1.55 bits per heavy atom. The van der Waals surface area contributed by atoms with Crippen LogP contribution in [-0.4, -0.2) is 42.2 Å². The number of aliphatic hydroxyl groups excluding tert-OH is 1. The quantitative estimate of drug-likeness (QED) is 0.927. The Balaban J connectivity index is 1.98. The summed E-state index contributed by atoms with van der Waals surface area (Å²) in [5.74, 6) is 0.556. The van der Waals surface area contributed by atoms with Gasteiger partial charge < -0.3 is 9.63 Å². The molecule has 1 fully saturated rings. The van der Waals surface area contributed by atoms with Gasteiger partial charge in [-0.15, -0.1) is 11.3 Å². The van der Waals surface area contributed by atoms with Gasteiger partial charge in [0.1, 0.15) is 0 Å². The third kappa shape index (κ3) is 2.28. The summed E-state index contributed by atoms with van der Waals surface area (Å²) in [5, 5.41) is 13.1. The van der Waals surface area contributed by atoms with Crippen molar-refractivity contribution >= 4 is 21.4 Å². The van der Waals surface area contributed by atoms with Gasteiger partial charge in [-0.05, 0) is 19.4 Å². The van der Waals surface area contributed by atoms with Crippen LogP contribution in [0.5, 0.6) is 0 Å². The van der Waals surface area contributed by atoms with Crippen molar-refractivity contribution < 1.29 is 18.0 Å². The first-order valence-corrected chi connectivity index (χ1v) is 8.44. The molecule has 8 heteroatoms. The van der Waals surface area contributed by atoms with E-state index in [1.54, 1.807) is 19.1 Å². The Kier molecular flexibility index (Phi) is 3.41. The number of sulfonamides is 1. The van der Waals surface area contributed by atoms with E-state index in [0.29, 0.717) is 23.6 Å². The molecule has 20 heavy (non-hydrogen) atoms. The fourth-order valence-electron chi connectivity index (χ4n) is 2.25. The molecule has 0 amide bonds. The molecule has 1 unspecified atom stereocenters. The van der Waals surface area contributed by atoms with Crippen LogP contribution in [0.2, 0.25) is 0 Å². The Labute approximate surface area is 120 Å². The van der Waals surface area contributed by atoms with Crippen molar-refractivity contribution in [3.8, 4) is 10.6 Å². The highest BCUT2D eigenvalue weighted by atomic mass is 32.2. The highest BCUT2D eigenvalue weighted by Crippen LogP contribution is 2.35. The van der Waals surface area contributed by atoms with Crippen molar-refractivity contribution in [3.05, 3.63) is 23.2 Å². The van der Waals surface area contributed by atoms with E-state index in [2.05, 4.69) is 5.16 Å². The molecule has 0 aromatic carbocycles. The van der Waals surface area contributed by atoms with Gasteiger partial charge in [0, 0.05) is 24.0 Å². The largest absolute Gasteiger partial charge is 0.392 e. The lowest BCUT2D eigenvalue weighted by molar-refractivity contribution is 0.189. The van der Waals surface area contributed by atoms with E-state index in [9.17, 15) is 13.5 Å². The third-order valence-electron chi connectivity index (χ3n) is 3.30. The Morgan fingerprint density at radius 2 is 2.35 bits per heavy atom. The average Bonchev–Trinajstić information content (AvgIpc) is 3.07. The number of aliphatic hydroxyl groups is 1. The Morgan fingerprint density at radius 3 is 2.95 bits per heavy atom. The lowest BCUT2D eigenvalue weighted by Gasteiger charge is -2.15. The highest BCUT2D eigenvalue weighted by Gasteiger charge is 2.33. The minimum atomic E-state index is -3.55. The smallest absolute Gasteiger partial charge is 0.244 e. The van der Waals surface area contributed by atoms with Crippen LogP contribution >= 0.6 is 11.3 Å². The fraction of sp³-hybridized carbons (Fsp3) is 0.417. The van der Waals surface area contributed by atoms with Crippen LogP contribution in [0, 0.1) is 6.92 Å². The normalized spacial score (nSPS) is 20.6. The molecule has 0 bridgehead atoms. The van der Waals surface area contributed by atoms with Gasteiger partial charge >= 0.3 is 0 Å². The van der Waals surface area contributed by atoms with E-state index in [1.165, 1.54) is 21.8 Å². The van der Waals surface area contributed by atoms with E-state index >= 15 is 0 Å². The summed E-state index contributed by atoms with van der Waals surface area (Å²) >= 11 is 1.36. The van der Waals surface area contributed by atoms with Crippen molar-refractivity contribution in [3.63, 3.8) is 0 Å². The molecule has 0 radical (unpaired) electrons. The highest BCUT2D eigenvalue weighted by molar-refractivity contribution is 7.89. The van der Waals surface area contributed by atoms with Crippen molar-refractivity contribution in [1.82, 2.24) is 9.46 Å². The van der Waals surface area contributed by atoms with Crippen LogP contribution in [0.3, 0.4) is 0 Å². The molecule has 0 spiro atoms. The molecule has 6 nitrogen and oxygen atoms in total. The maximum absolute atomic E-state index is 12.6. The second-order valence-corrected chi connectivity index (χ2v) is 7.88. The van der Waals surface area contributed by atoms with Crippen molar-refractivity contribution in [1.29, 1.82) is 0 Å². The maximum atomic E-state index is 12.6. The zero-order valence-electron chi connectivity index (χ0n) is 10.8. The molecular weight excluding hydrogens is 300 g/mol. The van der Waals surface area contributed by atoms with E-state index in [0.717, 1.165) is 4.88 Å². The van der Waals surface area contributed by atoms with Gasteiger partial charge in [-0.1, -0.05) is 5.16 Å². The first-order chi connectivity index (χ1) is 9.48. The van der Waals surface area contributed by atoms with Crippen LogP contribution in [0.1, 0.15) is 11.3 Å². The molecular formula is C12H14N2O4S2. The Bertz CT molecular complexity index is 706. The summed E-state index contributed by atoms with van der Waals surface area (Å²) in [5.41, 5.74) is 0. The van der Waals surface area contributed by atoms with Gasteiger partial charge in [0.15, 0.2) is 5.76 Å². The molecule has 0 aliphatic carbocycles. The van der Waals surface area contributed by atoms with Gasteiger partial charge in [-0.25, -0.2) is 8.42 Å². The summed E-state index contributed by atoms with van der Waals surface area (Å²) in [7, 11) is -3.55. The topological polar surface area (TPSA) is 83.6 Å². The lowest BCUT2D eigenvalue weighted by Crippen LogP contribution is -2.29. The zero-order valence-corrected chi connectivity index (χ0v) is 12.4. The second-order valence-electron chi connectivity index (χ2n) is 4.71. The summed E-state index contributed by atoms with van der Waals surface area (Å²) in [6.07, 6.45) is 1.43. The van der Waals surface area contributed by atoms with Crippen LogP contribution in [0.15, 0.2) is 27.7 Å². The van der Waals surface area contributed by atoms with Crippen LogP contribution in [-0.2, 0) is 10.0 Å². The molecule has 2 aromatic rings. The molecule has 0 saturated carbocycles. The zero-order chi connectivity index (χ0) is 14.3. The molecule has 1 atom stereocenters. The fourth-order valence-corrected chi connectivity index (χ4v) is 5.26. The van der Waals surface area contributed by atoms with E-state index in [-0.39, 0.29) is 11.4 Å². The summed E-state index contributed by atoms with van der Waals surface area (Å²) < 4.78 is 31.5.